The van der Waals surface area contributed by atoms with Gasteiger partial charge in [0.05, 0.1) is 0 Å². The highest BCUT2D eigenvalue weighted by Gasteiger charge is 2.19. The Kier molecular flexibility index (Phi) is 6.80. The molecular weight excluding hydrogens is 583 g/mol. The van der Waals surface area contributed by atoms with Crippen LogP contribution in [-0.4, -0.2) is 15.0 Å². The third-order valence-electron chi connectivity index (χ3n) is 9.12. The van der Waals surface area contributed by atoms with Crippen LogP contribution in [-0.2, 0) is 0 Å². The van der Waals surface area contributed by atoms with E-state index in [9.17, 15) is 0 Å². The van der Waals surface area contributed by atoms with Crippen molar-refractivity contribution >= 4 is 32.3 Å². The molecule has 0 amide bonds. The Hall–Kier alpha value is -6.45. The lowest BCUT2D eigenvalue weighted by Crippen LogP contribution is -2.00. The molecule has 0 bridgehead atoms. The lowest BCUT2D eigenvalue weighted by atomic mass is 9.83. The normalized spacial score (nSPS) is 11.3. The van der Waals surface area contributed by atoms with Crippen molar-refractivity contribution in [1.82, 2.24) is 15.0 Å². The molecule has 48 heavy (non-hydrogen) atoms. The van der Waals surface area contributed by atoms with Crippen LogP contribution in [0.15, 0.2) is 176 Å². The van der Waals surface area contributed by atoms with Crippen molar-refractivity contribution in [2.24, 2.45) is 0 Å². The Morgan fingerprint density at radius 2 is 0.646 bits per heavy atom. The quantitative estimate of drug-likeness (QED) is 0.182. The molecule has 0 aliphatic carbocycles. The Morgan fingerprint density at radius 3 is 1.21 bits per heavy atom. The van der Waals surface area contributed by atoms with Gasteiger partial charge in [-0.1, -0.05) is 176 Å². The lowest BCUT2D eigenvalue weighted by Gasteiger charge is -2.20. The van der Waals surface area contributed by atoms with Gasteiger partial charge in [0.2, 0.25) is 0 Å². The van der Waals surface area contributed by atoms with Crippen molar-refractivity contribution in [3.63, 3.8) is 0 Å². The Morgan fingerprint density at radius 1 is 0.250 bits per heavy atom. The molecule has 0 atom stereocenters. The minimum Gasteiger partial charge on any atom is -0.208 e. The van der Waals surface area contributed by atoms with Crippen molar-refractivity contribution in [2.45, 2.75) is 0 Å². The van der Waals surface area contributed by atoms with Gasteiger partial charge in [-0.25, -0.2) is 15.0 Å². The van der Waals surface area contributed by atoms with Gasteiger partial charge in [-0.15, -0.1) is 0 Å². The summed E-state index contributed by atoms with van der Waals surface area (Å²) in [6.45, 7) is 0. The molecule has 1 aromatic heterocycles. The summed E-state index contributed by atoms with van der Waals surface area (Å²) in [7, 11) is 0. The minimum atomic E-state index is 0.645. The number of rotatable bonds is 5. The van der Waals surface area contributed by atoms with E-state index in [-0.39, 0.29) is 0 Å². The Balaban J connectivity index is 1.27. The van der Waals surface area contributed by atoms with E-state index in [4.69, 9.17) is 15.0 Å². The first kappa shape index (κ1) is 27.8. The van der Waals surface area contributed by atoms with Gasteiger partial charge in [-0.05, 0) is 54.6 Å². The standard InChI is InChI=1S/C45H29N3/c1-3-15-32(16-4-1)43-46-44(33-17-5-2-6-18-33)48-45(47-43)34-28-26-31(27-29-34)41-39-23-11-9-21-36(39)37-22-10-12-24-40(37)42(41)38-25-13-19-30-14-7-8-20-35(30)38/h1-29H. The largest absolute Gasteiger partial charge is 0.208 e. The third kappa shape index (κ3) is 4.81. The summed E-state index contributed by atoms with van der Waals surface area (Å²) in [4.78, 5) is 14.8. The van der Waals surface area contributed by atoms with Crippen LogP contribution >= 0.6 is 0 Å². The molecule has 0 fully saturated rings. The van der Waals surface area contributed by atoms with E-state index in [2.05, 4.69) is 115 Å². The SMILES string of the molecule is c1ccc(-c2nc(-c3ccccc3)nc(-c3ccc(-c4c(-c5cccc6ccccc56)c5ccccc5c5ccccc45)cc3)n2)cc1. The molecule has 0 spiro atoms. The zero-order valence-electron chi connectivity index (χ0n) is 26.1. The first-order chi connectivity index (χ1) is 23.8. The highest BCUT2D eigenvalue weighted by Crippen LogP contribution is 2.46. The molecule has 9 rings (SSSR count). The second kappa shape index (κ2) is 11.7. The second-order valence-corrected chi connectivity index (χ2v) is 12.0. The van der Waals surface area contributed by atoms with E-state index in [1.54, 1.807) is 0 Å². The Labute approximate surface area is 278 Å². The van der Waals surface area contributed by atoms with E-state index in [0.29, 0.717) is 17.5 Å². The fraction of sp³-hybridized carbons (Fsp3) is 0. The zero-order valence-corrected chi connectivity index (χ0v) is 26.1. The van der Waals surface area contributed by atoms with Gasteiger partial charge >= 0.3 is 0 Å². The fourth-order valence-electron chi connectivity index (χ4n) is 6.89. The van der Waals surface area contributed by atoms with Crippen LogP contribution < -0.4 is 0 Å². The molecule has 8 aromatic carbocycles. The number of hydrogen-bond donors (Lipinski definition) is 0. The van der Waals surface area contributed by atoms with Gasteiger partial charge in [0.25, 0.3) is 0 Å². The van der Waals surface area contributed by atoms with Gasteiger partial charge in [0.1, 0.15) is 0 Å². The van der Waals surface area contributed by atoms with Crippen LogP contribution in [0, 0.1) is 0 Å². The molecule has 0 aliphatic heterocycles. The van der Waals surface area contributed by atoms with Crippen LogP contribution in [0.2, 0.25) is 0 Å². The second-order valence-electron chi connectivity index (χ2n) is 12.0. The van der Waals surface area contributed by atoms with Crippen molar-refractivity contribution in [2.75, 3.05) is 0 Å². The average molecular weight is 612 g/mol. The first-order valence-corrected chi connectivity index (χ1v) is 16.2. The van der Waals surface area contributed by atoms with Gasteiger partial charge < -0.3 is 0 Å². The molecule has 3 nitrogen and oxygen atoms in total. The predicted octanol–water partition coefficient (Wildman–Crippen LogP) is 11.7. The molecule has 9 aromatic rings. The van der Waals surface area contributed by atoms with Crippen LogP contribution in [0.4, 0.5) is 0 Å². The number of nitrogens with zero attached hydrogens (tertiary/aromatic N) is 3. The van der Waals surface area contributed by atoms with Crippen molar-refractivity contribution in [3.05, 3.63) is 176 Å². The summed E-state index contributed by atoms with van der Waals surface area (Å²) in [5, 5.41) is 7.43. The monoisotopic (exact) mass is 611 g/mol. The molecule has 0 N–H and O–H groups in total. The molecule has 0 radical (unpaired) electrons. The van der Waals surface area contributed by atoms with E-state index >= 15 is 0 Å². The highest BCUT2D eigenvalue weighted by molar-refractivity contribution is 6.23. The van der Waals surface area contributed by atoms with Crippen LogP contribution in [0.1, 0.15) is 0 Å². The summed E-state index contributed by atoms with van der Waals surface area (Å²) in [5.41, 5.74) is 7.68. The molecule has 0 saturated carbocycles. The average Bonchev–Trinajstić information content (AvgIpc) is 3.18. The maximum atomic E-state index is 4.97. The summed E-state index contributed by atoms with van der Waals surface area (Å²) < 4.78 is 0. The van der Waals surface area contributed by atoms with Crippen LogP contribution in [0.5, 0.6) is 0 Å². The minimum absolute atomic E-state index is 0.645. The molecule has 224 valence electrons. The van der Waals surface area contributed by atoms with Gasteiger partial charge in [-0.2, -0.15) is 0 Å². The molecule has 0 aliphatic rings. The Bertz CT molecular complexity index is 2530. The summed E-state index contributed by atoms with van der Waals surface area (Å²) in [6, 6.07) is 61.8. The van der Waals surface area contributed by atoms with Crippen LogP contribution in [0.3, 0.4) is 0 Å². The molecule has 0 unspecified atom stereocenters. The first-order valence-electron chi connectivity index (χ1n) is 16.2. The summed E-state index contributed by atoms with van der Waals surface area (Å²) in [5.74, 6) is 1.96. The number of fused-ring (bicyclic) bond motifs is 4. The zero-order chi connectivity index (χ0) is 31.9. The highest BCUT2D eigenvalue weighted by atomic mass is 15.0. The predicted molar refractivity (Wildman–Crippen MR) is 200 cm³/mol. The van der Waals surface area contributed by atoms with Crippen molar-refractivity contribution < 1.29 is 0 Å². The molecular formula is C45H29N3. The van der Waals surface area contributed by atoms with E-state index in [1.807, 2.05) is 60.7 Å². The van der Waals surface area contributed by atoms with E-state index in [1.165, 1.54) is 49.0 Å². The lowest BCUT2D eigenvalue weighted by molar-refractivity contribution is 1.07. The van der Waals surface area contributed by atoms with E-state index < -0.39 is 0 Å². The molecule has 0 saturated heterocycles. The number of hydrogen-bond acceptors (Lipinski definition) is 3. The number of aromatic nitrogens is 3. The number of benzene rings is 8. The van der Waals surface area contributed by atoms with Gasteiger partial charge in [0, 0.05) is 16.7 Å². The molecule has 3 heteroatoms. The fourth-order valence-corrected chi connectivity index (χ4v) is 6.89. The van der Waals surface area contributed by atoms with Crippen molar-refractivity contribution in [1.29, 1.82) is 0 Å². The summed E-state index contributed by atoms with van der Waals surface area (Å²) >= 11 is 0. The van der Waals surface area contributed by atoms with Crippen molar-refractivity contribution in [3.8, 4) is 56.4 Å². The molecule has 1 heterocycles. The topological polar surface area (TPSA) is 38.7 Å². The smallest absolute Gasteiger partial charge is 0.164 e. The van der Waals surface area contributed by atoms with Gasteiger partial charge in [0.15, 0.2) is 17.5 Å². The maximum Gasteiger partial charge on any atom is 0.164 e. The maximum absolute atomic E-state index is 4.97. The van der Waals surface area contributed by atoms with Crippen LogP contribution in [0.25, 0.3) is 88.7 Å². The summed E-state index contributed by atoms with van der Waals surface area (Å²) in [6.07, 6.45) is 0. The third-order valence-corrected chi connectivity index (χ3v) is 9.12. The van der Waals surface area contributed by atoms with E-state index in [0.717, 1.165) is 22.3 Å². The van der Waals surface area contributed by atoms with Gasteiger partial charge in [-0.3, -0.25) is 0 Å².